The molecule has 20 heavy (non-hydrogen) atoms. The smallest absolute Gasteiger partial charge is 0.182 e. The molecular formula is C15H22F2N2O. The summed E-state index contributed by atoms with van der Waals surface area (Å²) in [5, 5.41) is 9.21. The molecule has 1 aliphatic carbocycles. The maximum Gasteiger partial charge on any atom is 0.182 e. The average molecular weight is 284 g/mol. The van der Waals surface area contributed by atoms with Crippen LogP contribution in [-0.2, 0) is 6.54 Å². The first kappa shape index (κ1) is 15.2. The number of halogens is 2. The zero-order valence-corrected chi connectivity index (χ0v) is 11.6. The third-order valence-corrected chi connectivity index (χ3v) is 4.03. The first-order chi connectivity index (χ1) is 9.69. The Hall–Kier alpha value is -1.20. The van der Waals surface area contributed by atoms with Gasteiger partial charge in [-0.25, -0.2) is 8.78 Å². The van der Waals surface area contributed by atoms with Crippen molar-refractivity contribution < 1.29 is 13.9 Å². The summed E-state index contributed by atoms with van der Waals surface area (Å²) in [5.41, 5.74) is 5.80. The molecule has 0 unspecified atom stereocenters. The number of nitrogens with two attached hydrogens (primary N) is 1. The van der Waals surface area contributed by atoms with Crippen LogP contribution in [0, 0.1) is 11.6 Å². The lowest BCUT2D eigenvalue weighted by Crippen LogP contribution is -2.39. The SMILES string of the molecule is NCc1ccc(N(CCO)C2CCCCC2)c(F)c1F. The highest BCUT2D eigenvalue weighted by Crippen LogP contribution is 2.30. The lowest BCUT2D eigenvalue weighted by Gasteiger charge is -2.36. The molecule has 0 heterocycles. The van der Waals surface area contributed by atoms with Gasteiger partial charge in [0.2, 0.25) is 0 Å². The van der Waals surface area contributed by atoms with Crippen LogP contribution in [0.5, 0.6) is 0 Å². The molecule has 1 fully saturated rings. The molecule has 0 radical (unpaired) electrons. The van der Waals surface area contributed by atoms with Crippen LogP contribution in [0.15, 0.2) is 12.1 Å². The molecule has 1 aromatic carbocycles. The van der Waals surface area contributed by atoms with Crippen molar-refractivity contribution >= 4 is 5.69 Å². The first-order valence-corrected chi connectivity index (χ1v) is 7.23. The minimum absolute atomic E-state index is 0.0214. The van der Waals surface area contributed by atoms with Crippen molar-refractivity contribution in [3.05, 3.63) is 29.3 Å². The highest BCUT2D eigenvalue weighted by atomic mass is 19.2. The van der Waals surface area contributed by atoms with E-state index in [0.717, 1.165) is 25.7 Å². The highest BCUT2D eigenvalue weighted by molar-refractivity contribution is 5.51. The Morgan fingerprint density at radius 1 is 1.15 bits per heavy atom. The van der Waals surface area contributed by atoms with Crippen LogP contribution in [0.25, 0.3) is 0 Å². The van der Waals surface area contributed by atoms with Crippen LogP contribution in [0.4, 0.5) is 14.5 Å². The molecule has 1 aromatic rings. The van der Waals surface area contributed by atoms with E-state index in [9.17, 15) is 13.9 Å². The second kappa shape index (κ2) is 6.99. The van der Waals surface area contributed by atoms with Crippen LogP contribution < -0.4 is 10.6 Å². The van der Waals surface area contributed by atoms with Gasteiger partial charge in [0, 0.05) is 24.7 Å². The summed E-state index contributed by atoms with van der Waals surface area (Å²) in [7, 11) is 0. The van der Waals surface area contributed by atoms with Gasteiger partial charge < -0.3 is 15.7 Å². The monoisotopic (exact) mass is 284 g/mol. The van der Waals surface area contributed by atoms with Gasteiger partial charge in [-0.3, -0.25) is 0 Å². The Kier molecular flexibility index (Phi) is 5.31. The van der Waals surface area contributed by atoms with Crippen molar-refractivity contribution in [3.8, 4) is 0 Å². The van der Waals surface area contributed by atoms with Gasteiger partial charge in [-0.15, -0.1) is 0 Å². The second-order valence-electron chi connectivity index (χ2n) is 5.28. The normalized spacial score (nSPS) is 16.4. The lowest BCUT2D eigenvalue weighted by molar-refractivity contribution is 0.289. The van der Waals surface area contributed by atoms with E-state index in [1.165, 1.54) is 12.5 Å². The molecule has 0 spiro atoms. The molecule has 5 heteroatoms. The summed E-state index contributed by atoms with van der Waals surface area (Å²) in [6.45, 7) is 0.228. The Labute approximate surface area is 118 Å². The molecule has 2 rings (SSSR count). The largest absolute Gasteiger partial charge is 0.395 e. The quantitative estimate of drug-likeness (QED) is 0.873. The fourth-order valence-electron chi connectivity index (χ4n) is 2.96. The zero-order chi connectivity index (χ0) is 14.5. The molecule has 3 nitrogen and oxygen atoms in total. The van der Waals surface area contributed by atoms with Gasteiger partial charge in [0.25, 0.3) is 0 Å². The van der Waals surface area contributed by atoms with Crippen LogP contribution in [-0.4, -0.2) is 24.3 Å². The summed E-state index contributed by atoms with van der Waals surface area (Å²) < 4.78 is 28.1. The third kappa shape index (κ3) is 3.10. The molecule has 0 amide bonds. The Morgan fingerprint density at radius 2 is 1.85 bits per heavy atom. The summed E-state index contributed by atoms with van der Waals surface area (Å²) >= 11 is 0. The Morgan fingerprint density at radius 3 is 2.45 bits per heavy atom. The topological polar surface area (TPSA) is 49.5 Å². The number of rotatable bonds is 5. The Balaban J connectivity index is 2.31. The van der Waals surface area contributed by atoms with E-state index in [1.54, 1.807) is 11.0 Å². The minimum atomic E-state index is -0.872. The van der Waals surface area contributed by atoms with Crippen LogP contribution in [0.3, 0.4) is 0 Å². The van der Waals surface area contributed by atoms with Crippen LogP contribution >= 0.6 is 0 Å². The highest BCUT2D eigenvalue weighted by Gasteiger charge is 2.25. The van der Waals surface area contributed by atoms with Crippen molar-refractivity contribution in [2.75, 3.05) is 18.1 Å². The molecule has 3 N–H and O–H groups in total. The van der Waals surface area contributed by atoms with E-state index in [2.05, 4.69) is 0 Å². The summed E-state index contributed by atoms with van der Waals surface area (Å²) in [6.07, 6.45) is 5.29. The van der Waals surface area contributed by atoms with Crippen molar-refractivity contribution in [3.63, 3.8) is 0 Å². The van der Waals surface area contributed by atoms with E-state index in [1.807, 2.05) is 0 Å². The fraction of sp³-hybridized carbons (Fsp3) is 0.600. The molecule has 1 saturated carbocycles. The maximum absolute atomic E-state index is 14.2. The predicted octanol–water partition coefficient (Wildman–Crippen LogP) is 2.55. The molecule has 0 saturated heterocycles. The van der Waals surface area contributed by atoms with Gasteiger partial charge in [0.05, 0.1) is 12.3 Å². The number of hydrogen-bond donors (Lipinski definition) is 2. The third-order valence-electron chi connectivity index (χ3n) is 4.03. The number of anilines is 1. The molecule has 0 aliphatic heterocycles. The standard InChI is InChI=1S/C15H22F2N2O/c16-14-11(10-18)6-7-13(15(14)17)19(8-9-20)12-4-2-1-3-5-12/h6-7,12,20H,1-5,8-10,18H2. The second-order valence-corrected chi connectivity index (χ2v) is 5.28. The van der Waals surface area contributed by atoms with E-state index in [0.29, 0.717) is 6.54 Å². The van der Waals surface area contributed by atoms with Crippen LogP contribution in [0.2, 0.25) is 0 Å². The number of aliphatic hydroxyl groups is 1. The molecule has 0 bridgehead atoms. The molecule has 112 valence electrons. The average Bonchev–Trinajstić information content (AvgIpc) is 2.49. The van der Waals surface area contributed by atoms with Crippen molar-refractivity contribution in [2.45, 2.75) is 44.7 Å². The summed E-state index contributed by atoms with van der Waals surface area (Å²) in [4.78, 5) is 1.80. The van der Waals surface area contributed by atoms with E-state index >= 15 is 0 Å². The van der Waals surface area contributed by atoms with Crippen molar-refractivity contribution in [1.29, 1.82) is 0 Å². The minimum Gasteiger partial charge on any atom is -0.395 e. The first-order valence-electron chi connectivity index (χ1n) is 7.23. The molecule has 0 aromatic heterocycles. The van der Waals surface area contributed by atoms with Gasteiger partial charge in [0.1, 0.15) is 0 Å². The van der Waals surface area contributed by atoms with Gasteiger partial charge in [-0.05, 0) is 18.9 Å². The van der Waals surface area contributed by atoms with Gasteiger partial charge >= 0.3 is 0 Å². The predicted molar refractivity (Wildman–Crippen MR) is 75.6 cm³/mol. The Bertz CT molecular complexity index is 448. The van der Waals surface area contributed by atoms with E-state index in [4.69, 9.17) is 5.73 Å². The molecule has 1 aliphatic rings. The number of benzene rings is 1. The molecular weight excluding hydrogens is 262 g/mol. The summed E-state index contributed by atoms with van der Waals surface area (Å²) in [5.74, 6) is -1.73. The van der Waals surface area contributed by atoms with Crippen LogP contribution in [0.1, 0.15) is 37.7 Å². The fourth-order valence-corrected chi connectivity index (χ4v) is 2.96. The van der Waals surface area contributed by atoms with E-state index < -0.39 is 11.6 Å². The number of aliphatic hydroxyl groups excluding tert-OH is 1. The van der Waals surface area contributed by atoms with Gasteiger partial charge in [-0.2, -0.15) is 0 Å². The lowest BCUT2D eigenvalue weighted by atomic mass is 9.93. The van der Waals surface area contributed by atoms with Gasteiger partial charge in [0.15, 0.2) is 11.6 Å². The zero-order valence-electron chi connectivity index (χ0n) is 11.6. The summed E-state index contributed by atoms with van der Waals surface area (Å²) in [6, 6.07) is 3.28. The van der Waals surface area contributed by atoms with Crippen molar-refractivity contribution in [2.24, 2.45) is 5.73 Å². The van der Waals surface area contributed by atoms with E-state index in [-0.39, 0.29) is 30.4 Å². The number of hydrogen-bond acceptors (Lipinski definition) is 3. The van der Waals surface area contributed by atoms with Gasteiger partial charge in [-0.1, -0.05) is 25.3 Å². The molecule has 0 atom stereocenters. The number of nitrogens with zero attached hydrogens (tertiary/aromatic N) is 1. The maximum atomic E-state index is 14.2. The van der Waals surface area contributed by atoms with Crippen molar-refractivity contribution in [1.82, 2.24) is 0 Å².